The van der Waals surface area contributed by atoms with E-state index in [1.54, 1.807) is 55.6 Å². The molecule has 2 atom stereocenters. The standard InChI is InChI=1S/C20H24N2O5S/c1-12(2)17(22-19(24)16-10-7-11-28-16)20(25)27-13(3)18(23)21-14-8-5-6-9-15(14)26-4/h5-13,17H,1-4H3,(H,21,23)(H,22,24)/t13-,17-/m0/s1. The van der Waals surface area contributed by atoms with Crippen LogP contribution >= 0.6 is 11.3 Å². The molecule has 1 aromatic heterocycles. The Morgan fingerprint density at radius 2 is 1.75 bits per heavy atom. The second-order valence-electron chi connectivity index (χ2n) is 6.44. The lowest BCUT2D eigenvalue weighted by atomic mass is 10.0. The number of hydrogen-bond donors (Lipinski definition) is 2. The maximum Gasteiger partial charge on any atom is 0.329 e. The summed E-state index contributed by atoms with van der Waals surface area (Å²) in [5.74, 6) is -1.22. The van der Waals surface area contributed by atoms with Crippen LogP contribution in [0.2, 0.25) is 0 Å². The molecule has 0 bridgehead atoms. The van der Waals surface area contributed by atoms with Crippen molar-refractivity contribution < 1.29 is 23.9 Å². The highest BCUT2D eigenvalue weighted by atomic mass is 32.1. The summed E-state index contributed by atoms with van der Waals surface area (Å²) < 4.78 is 10.5. The van der Waals surface area contributed by atoms with E-state index in [1.807, 2.05) is 0 Å². The molecule has 28 heavy (non-hydrogen) atoms. The van der Waals surface area contributed by atoms with Gasteiger partial charge >= 0.3 is 5.97 Å². The topological polar surface area (TPSA) is 93.7 Å². The molecule has 0 aliphatic rings. The summed E-state index contributed by atoms with van der Waals surface area (Å²) in [6, 6.07) is 9.49. The number of methoxy groups -OCH3 is 1. The van der Waals surface area contributed by atoms with Gasteiger partial charge in [-0.2, -0.15) is 0 Å². The first kappa shape index (κ1) is 21.4. The third-order valence-corrected chi connectivity index (χ3v) is 4.85. The molecule has 0 unspecified atom stereocenters. The monoisotopic (exact) mass is 404 g/mol. The third-order valence-electron chi connectivity index (χ3n) is 3.98. The number of amides is 2. The summed E-state index contributed by atoms with van der Waals surface area (Å²) in [4.78, 5) is 37.7. The molecule has 1 aromatic carbocycles. The van der Waals surface area contributed by atoms with E-state index in [-0.39, 0.29) is 11.8 Å². The molecule has 2 rings (SSSR count). The van der Waals surface area contributed by atoms with Crippen LogP contribution in [0.3, 0.4) is 0 Å². The van der Waals surface area contributed by atoms with Gasteiger partial charge in [0.2, 0.25) is 0 Å². The molecule has 150 valence electrons. The fraction of sp³-hybridized carbons (Fsp3) is 0.350. The molecular weight excluding hydrogens is 380 g/mol. The Kier molecular flexibility index (Phi) is 7.57. The smallest absolute Gasteiger partial charge is 0.329 e. The number of benzene rings is 1. The van der Waals surface area contributed by atoms with Crippen LogP contribution in [0.4, 0.5) is 5.69 Å². The molecule has 0 saturated heterocycles. The highest BCUT2D eigenvalue weighted by Gasteiger charge is 2.29. The third kappa shape index (κ3) is 5.56. The van der Waals surface area contributed by atoms with Gasteiger partial charge in [-0.05, 0) is 36.4 Å². The molecule has 2 N–H and O–H groups in total. The van der Waals surface area contributed by atoms with Crippen LogP contribution in [-0.4, -0.2) is 37.0 Å². The molecule has 8 heteroatoms. The SMILES string of the molecule is COc1ccccc1NC(=O)[C@H](C)OC(=O)[C@@H](NC(=O)c1cccs1)C(C)C. The molecule has 0 aliphatic carbocycles. The average Bonchev–Trinajstić information content (AvgIpc) is 3.20. The number of esters is 1. The van der Waals surface area contributed by atoms with Gasteiger partial charge in [-0.3, -0.25) is 9.59 Å². The number of hydrogen-bond acceptors (Lipinski definition) is 6. The summed E-state index contributed by atoms with van der Waals surface area (Å²) in [5, 5.41) is 7.13. The maximum absolute atomic E-state index is 12.5. The Labute approximate surface area is 168 Å². The predicted molar refractivity (Wildman–Crippen MR) is 108 cm³/mol. The summed E-state index contributed by atoms with van der Waals surface area (Å²) >= 11 is 1.28. The van der Waals surface area contributed by atoms with E-state index >= 15 is 0 Å². The summed E-state index contributed by atoms with van der Waals surface area (Å²) in [5.41, 5.74) is 0.476. The van der Waals surface area contributed by atoms with Gasteiger partial charge in [-0.15, -0.1) is 11.3 Å². The van der Waals surface area contributed by atoms with Crippen molar-refractivity contribution in [3.63, 3.8) is 0 Å². The van der Waals surface area contributed by atoms with Gasteiger partial charge in [0, 0.05) is 0 Å². The second-order valence-corrected chi connectivity index (χ2v) is 7.39. The van der Waals surface area contributed by atoms with Crippen molar-refractivity contribution >= 4 is 34.8 Å². The molecule has 0 aliphatic heterocycles. The van der Waals surface area contributed by atoms with Crippen LogP contribution < -0.4 is 15.4 Å². The molecule has 0 radical (unpaired) electrons. The Morgan fingerprint density at radius 1 is 1.04 bits per heavy atom. The predicted octanol–water partition coefficient (Wildman–Crippen LogP) is 3.08. The molecule has 0 saturated carbocycles. The molecule has 7 nitrogen and oxygen atoms in total. The van der Waals surface area contributed by atoms with Crippen molar-refractivity contribution in [2.24, 2.45) is 5.92 Å². The van der Waals surface area contributed by atoms with E-state index in [1.165, 1.54) is 25.4 Å². The molecule has 1 heterocycles. The van der Waals surface area contributed by atoms with Gasteiger partial charge in [-0.1, -0.05) is 32.0 Å². The minimum atomic E-state index is -1.04. The summed E-state index contributed by atoms with van der Waals surface area (Å²) in [6.07, 6.45) is -1.04. The van der Waals surface area contributed by atoms with E-state index in [9.17, 15) is 14.4 Å². The van der Waals surface area contributed by atoms with Crippen LogP contribution in [-0.2, 0) is 14.3 Å². The first-order valence-electron chi connectivity index (χ1n) is 8.82. The van der Waals surface area contributed by atoms with Gasteiger partial charge in [0.1, 0.15) is 11.8 Å². The number of carbonyl (C=O) groups is 3. The first-order chi connectivity index (χ1) is 13.3. The Hall–Kier alpha value is -2.87. The van der Waals surface area contributed by atoms with Gasteiger partial charge in [-0.25, -0.2) is 4.79 Å². The number of rotatable bonds is 8. The maximum atomic E-state index is 12.5. The van der Waals surface area contributed by atoms with Crippen molar-refractivity contribution in [2.45, 2.75) is 32.9 Å². The van der Waals surface area contributed by atoms with Crippen molar-refractivity contribution in [1.82, 2.24) is 5.32 Å². The van der Waals surface area contributed by atoms with Gasteiger partial charge in [0.25, 0.3) is 11.8 Å². The van der Waals surface area contributed by atoms with Crippen LogP contribution in [0.1, 0.15) is 30.4 Å². The fourth-order valence-corrected chi connectivity index (χ4v) is 3.03. The number of nitrogens with one attached hydrogen (secondary N) is 2. The van der Waals surface area contributed by atoms with Crippen molar-refractivity contribution in [3.8, 4) is 5.75 Å². The van der Waals surface area contributed by atoms with Crippen LogP contribution in [0.25, 0.3) is 0 Å². The Bertz CT molecular complexity index is 820. The number of carbonyl (C=O) groups excluding carboxylic acids is 3. The first-order valence-corrected chi connectivity index (χ1v) is 9.70. The Morgan fingerprint density at radius 3 is 2.36 bits per heavy atom. The van der Waals surface area contributed by atoms with Crippen molar-refractivity contribution in [3.05, 3.63) is 46.7 Å². The van der Waals surface area contributed by atoms with E-state index < -0.39 is 24.0 Å². The second kappa shape index (κ2) is 9.89. The number of anilines is 1. The molecule has 2 amide bonds. The number of para-hydroxylation sites is 2. The largest absolute Gasteiger partial charge is 0.495 e. The van der Waals surface area contributed by atoms with E-state index in [0.29, 0.717) is 16.3 Å². The molecule has 2 aromatic rings. The quantitative estimate of drug-likeness (QED) is 0.660. The highest BCUT2D eigenvalue weighted by Crippen LogP contribution is 2.23. The average molecular weight is 404 g/mol. The fourth-order valence-electron chi connectivity index (χ4n) is 2.40. The summed E-state index contributed by atoms with van der Waals surface area (Å²) in [6.45, 7) is 5.06. The van der Waals surface area contributed by atoms with Gasteiger partial charge in [0.15, 0.2) is 6.10 Å². The van der Waals surface area contributed by atoms with E-state index in [0.717, 1.165) is 0 Å². The minimum Gasteiger partial charge on any atom is -0.495 e. The number of thiophene rings is 1. The Balaban J connectivity index is 1.99. The molecular formula is C20H24N2O5S. The van der Waals surface area contributed by atoms with Crippen molar-refractivity contribution in [2.75, 3.05) is 12.4 Å². The van der Waals surface area contributed by atoms with Crippen LogP contribution in [0.5, 0.6) is 5.75 Å². The highest BCUT2D eigenvalue weighted by molar-refractivity contribution is 7.12. The zero-order chi connectivity index (χ0) is 20.7. The lowest BCUT2D eigenvalue weighted by molar-refractivity contribution is -0.156. The van der Waals surface area contributed by atoms with Gasteiger partial charge in [0.05, 0.1) is 17.7 Å². The summed E-state index contributed by atoms with van der Waals surface area (Å²) in [7, 11) is 1.50. The minimum absolute atomic E-state index is 0.208. The lowest BCUT2D eigenvalue weighted by Gasteiger charge is -2.23. The van der Waals surface area contributed by atoms with Crippen LogP contribution in [0, 0.1) is 5.92 Å². The lowest BCUT2D eigenvalue weighted by Crippen LogP contribution is -2.47. The molecule has 0 spiro atoms. The van der Waals surface area contributed by atoms with Crippen LogP contribution in [0.15, 0.2) is 41.8 Å². The number of ether oxygens (including phenoxy) is 2. The van der Waals surface area contributed by atoms with Gasteiger partial charge < -0.3 is 20.1 Å². The zero-order valence-corrected chi connectivity index (χ0v) is 17.0. The van der Waals surface area contributed by atoms with E-state index in [4.69, 9.17) is 9.47 Å². The molecule has 0 fully saturated rings. The van der Waals surface area contributed by atoms with Crippen molar-refractivity contribution in [1.29, 1.82) is 0 Å². The van der Waals surface area contributed by atoms with E-state index in [2.05, 4.69) is 10.6 Å². The zero-order valence-electron chi connectivity index (χ0n) is 16.2. The normalized spacial score (nSPS) is 12.8.